The first kappa shape index (κ1) is 29.9. The van der Waals surface area contributed by atoms with E-state index in [1.54, 1.807) is 9.13 Å². The topological polar surface area (TPSA) is 9.86 Å². The van der Waals surface area contributed by atoms with E-state index < -0.39 is 28.9 Å². The predicted molar refractivity (Wildman–Crippen MR) is 184 cm³/mol. The predicted octanol–water partition coefficient (Wildman–Crippen LogP) is 12.1. The first-order valence-electron chi connectivity index (χ1n) is 15.6. The van der Waals surface area contributed by atoms with Gasteiger partial charge in [0.1, 0.15) is 17.2 Å². The third kappa shape index (κ3) is 4.52. The van der Waals surface area contributed by atoms with Crippen molar-refractivity contribution < 1.29 is 22.0 Å². The van der Waals surface area contributed by atoms with Gasteiger partial charge in [-0.2, -0.15) is 13.2 Å². The lowest BCUT2D eigenvalue weighted by atomic mass is 9.98. The molecule has 8 aromatic rings. The molecule has 0 unspecified atom stereocenters. The molecule has 0 N–H and O–H groups in total. The van der Waals surface area contributed by atoms with Gasteiger partial charge in [0, 0.05) is 21.5 Å². The van der Waals surface area contributed by atoms with Crippen LogP contribution >= 0.6 is 0 Å². The van der Waals surface area contributed by atoms with Gasteiger partial charge in [-0.05, 0) is 104 Å². The van der Waals surface area contributed by atoms with Gasteiger partial charge in [0.2, 0.25) is 0 Å². The SMILES string of the molecule is Cc1ccc2c3ccc(C)cc3n(-c3cc(-c4c(F)cccc4F)cc(-n4c5cc(C)ccc5c5ccc(C)cc54)c3C(F)(F)F)c2c1. The summed E-state index contributed by atoms with van der Waals surface area (Å²) in [5, 5.41) is 3.10. The first-order chi connectivity index (χ1) is 22.9. The van der Waals surface area contributed by atoms with Gasteiger partial charge < -0.3 is 9.13 Å². The highest BCUT2D eigenvalue weighted by molar-refractivity contribution is 6.11. The van der Waals surface area contributed by atoms with Gasteiger partial charge in [0.15, 0.2) is 0 Å². The van der Waals surface area contributed by atoms with Crippen molar-refractivity contribution in [1.29, 1.82) is 0 Å². The van der Waals surface area contributed by atoms with Crippen molar-refractivity contribution in [2.45, 2.75) is 33.9 Å². The van der Waals surface area contributed by atoms with Crippen molar-refractivity contribution in [3.05, 3.63) is 143 Å². The fourth-order valence-corrected chi connectivity index (χ4v) is 7.17. The van der Waals surface area contributed by atoms with E-state index in [0.29, 0.717) is 22.1 Å². The maximum atomic E-state index is 15.9. The van der Waals surface area contributed by atoms with Crippen molar-refractivity contribution in [3.8, 4) is 22.5 Å². The number of halogens is 5. The van der Waals surface area contributed by atoms with Crippen LogP contribution in [0, 0.1) is 39.3 Å². The van der Waals surface area contributed by atoms with E-state index in [9.17, 15) is 0 Å². The van der Waals surface area contributed by atoms with Crippen LogP contribution in [0.15, 0.2) is 103 Å². The van der Waals surface area contributed by atoms with Gasteiger partial charge in [0.25, 0.3) is 0 Å². The Hall–Kier alpha value is -5.43. The molecule has 0 aliphatic rings. The van der Waals surface area contributed by atoms with E-state index >= 15 is 22.0 Å². The van der Waals surface area contributed by atoms with E-state index in [-0.39, 0.29) is 16.9 Å². The van der Waals surface area contributed by atoms with Gasteiger partial charge in [-0.3, -0.25) is 0 Å². The van der Waals surface area contributed by atoms with Gasteiger partial charge in [-0.25, -0.2) is 8.78 Å². The van der Waals surface area contributed by atoms with Crippen molar-refractivity contribution >= 4 is 43.6 Å². The quantitative estimate of drug-likeness (QED) is 0.169. The van der Waals surface area contributed by atoms with E-state index in [2.05, 4.69) is 0 Å². The number of fused-ring (bicyclic) bond motifs is 6. The van der Waals surface area contributed by atoms with Crippen LogP contribution < -0.4 is 0 Å². The van der Waals surface area contributed by atoms with Crippen LogP contribution in [-0.2, 0) is 6.18 Å². The first-order valence-corrected chi connectivity index (χ1v) is 15.6. The molecule has 238 valence electrons. The summed E-state index contributed by atoms with van der Waals surface area (Å²) in [7, 11) is 0. The Balaban J connectivity index is 1.65. The van der Waals surface area contributed by atoms with E-state index in [0.717, 1.165) is 55.9 Å². The van der Waals surface area contributed by atoms with Crippen molar-refractivity contribution in [2.75, 3.05) is 0 Å². The number of hydrogen-bond acceptors (Lipinski definition) is 0. The van der Waals surface area contributed by atoms with Crippen molar-refractivity contribution in [1.82, 2.24) is 9.13 Å². The smallest absolute Gasteiger partial charge is 0.309 e. The Morgan fingerprint density at radius 3 is 1.10 bits per heavy atom. The zero-order valence-corrected chi connectivity index (χ0v) is 26.6. The number of nitrogens with zero attached hydrogens (tertiary/aromatic N) is 2. The Morgan fingerprint density at radius 1 is 0.458 bits per heavy atom. The largest absolute Gasteiger partial charge is 0.420 e. The minimum absolute atomic E-state index is 0.00536. The summed E-state index contributed by atoms with van der Waals surface area (Å²) in [6.45, 7) is 7.54. The number of aryl methyl sites for hydroxylation is 4. The number of aromatic nitrogens is 2. The van der Waals surface area contributed by atoms with Gasteiger partial charge in [0.05, 0.1) is 39.0 Å². The van der Waals surface area contributed by atoms with Crippen LogP contribution in [0.25, 0.3) is 66.1 Å². The molecular formula is C41H29F5N2. The molecular weight excluding hydrogens is 615 g/mol. The molecule has 8 rings (SSSR count). The summed E-state index contributed by atoms with van der Waals surface area (Å²) in [5.74, 6) is -1.73. The second kappa shape index (κ2) is 10.5. The molecule has 2 nitrogen and oxygen atoms in total. The van der Waals surface area contributed by atoms with Crippen LogP contribution in [0.5, 0.6) is 0 Å². The molecule has 0 spiro atoms. The molecule has 0 saturated carbocycles. The van der Waals surface area contributed by atoms with Crippen LogP contribution in [0.2, 0.25) is 0 Å². The summed E-state index contributed by atoms with van der Waals surface area (Å²) >= 11 is 0. The molecule has 48 heavy (non-hydrogen) atoms. The Kier molecular flexibility index (Phi) is 6.57. The van der Waals surface area contributed by atoms with E-state index in [1.807, 2.05) is 100 Å². The molecule has 0 atom stereocenters. The molecule has 0 radical (unpaired) electrons. The summed E-state index contributed by atoms with van der Waals surface area (Å²) in [6, 6.07) is 28.8. The highest BCUT2D eigenvalue weighted by Gasteiger charge is 2.40. The van der Waals surface area contributed by atoms with Crippen LogP contribution in [-0.4, -0.2) is 9.13 Å². The van der Waals surface area contributed by atoms with E-state index in [1.165, 1.54) is 18.2 Å². The summed E-state index contributed by atoms with van der Waals surface area (Å²) in [5.41, 5.74) is 3.95. The van der Waals surface area contributed by atoms with Crippen LogP contribution in [0.1, 0.15) is 27.8 Å². The lowest BCUT2D eigenvalue weighted by molar-refractivity contribution is -0.137. The minimum Gasteiger partial charge on any atom is -0.309 e. The summed E-state index contributed by atoms with van der Waals surface area (Å²) in [6.07, 6.45) is -4.87. The number of rotatable bonds is 3. The lowest BCUT2D eigenvalue weighted by Crippen LogP contribution is -2.16. The minimum atomic E-state index is -4.87. The molecule has 2 aromatic heterocycles. The summed E-state index contributed by atoms with van der Waals surface area (Å²) < 4.78 is 82.1. The van der Waals surface area contributed by atoms with E-state index in [4.69, 9.17) is 0 Å². The Morgan fingerprint density at radius 2 is 0.792 bits per heavy atom. The third-order valence-electron chi connectivity index (χ3n) is 9.27. The number of hydrogen-bond donors (Lipinski definition) is 0. The fraction of sp³-hybridized carbons (Fsp3) is 0.122. The Bertz CT molecular complexity index is 2330. The third-order valence-corrected chi connectivity index (χ3v) is 9.27. The number of benzene rings is 6. The standard InChI is InChI=1S/C41H29F5N2/c1-22-8-12-27-28-13-9-23(2)17-34(28)47(33(27)16-22)37-20-26(39-31(42)6-5-7-32(39)43)21-38(40(37)41(44,45)46)48-35-18-24(3)10-14-29(35)30-15-11-25(4)19-36(30)48/h5-21H,1-4H3. The molecule has 6 aromatic carbocycles. The van der Waals surface area contributed by atoms with Crippen LogP contribution in [0.3, 0.4) is 0 Å². The fourth-order valence-electron chi connectivity index (χ4n) is 7.17. The molecule has 2 heterocycles. The normalized spacial score (nSPS) is 12.3. The molecule has 7 heteroatoms. The zero-order valence-electron chi connectivity index (χ0n) is 26.6. The molecule has 0 aliphatic heterocycles. The Labute approximate surface area is 273 Å². The maximum absolute atomic E-state index is 15.9. The van der Waals surface area contributed by atoms with Crippen LogP contribution in [0.4, 0.5) is 22.0 Å². The zero-order chi connectivity index (χ0) is 33.6. The molecule has 0 amide bonds. The second-order valence-electron chi connectivity index (χ2n) is 12.7. The summed E-state index contributed by atoms with van der Waals surface area (Å²) in [4.78, 5) is 0. The second-order valence-corrected chi connectivity index (χ2v) is 12.7. The van der Waals surface area contributed by atoms with Gasteiger partial charge >= 0.3 is 6.18 Å². The molecule has 0 fully saturated rings. The van der Waals surface area contributed by atoms with Gasteiger partial charge in [-0.1, -0.05) is 54.6 Å². The monoisotopic (exact) mass is 644 g/mol. The average Bonchev–Trinajstić information content (AvgIpc) is 3.50. The van der Waals surface area contributed by atoms with Gasteiger partial charge in [-0.15, -0.1) is 0 Å². The van der Waals surface area contributed by atoms with Crippen molar-refractivity contribution in [3.63, 3.8) is 0 Å². The number of alkyl halides is 3. The highest BCUT2D eigenvalue weighted by atomic mass is 19.4. The highest BCUT2D eigenvalue weighted by Crippen LogP contribution is 2.46. The lowest BCUT2D eigenvalue weighted by Gasteiger charge is -2.23. The van der Waals surface area contributed by atoms with Crippen molar-refractivity contribution in [2.24, 2.45) is 0 Å². The molecule has 0 saturated heterocycles. The molecule has 0 aliphatic carbocycles. The molecule has 0 bridgehead atoms. The average molecular weight is 645 g/mol. The maximum Gasteiger partial charge on any atom is 0.420 e.